The van der Waals surface area contributed by atoms with E-state index in [9.17, 15) is 49.4 Å². The van der Waals surface area contributed by atoms with Gasteiger partial charge in [-0.1, -0.05) is 0 Å². The molecule has 1 aromatic heterocycles. The van der Waals surface area contributed by atoms with Crippen LogP contribution >= 0.6 is 0 Å². The summed E-state index contributed by atoms with van der Waals surface area (Å²) in [6.07, 6.45) is -5.79. The molecule has 0 aliphatic rings. The van der Waals surface area contributed by atoms with Crippen LogP contribution < -0.4 is 0 Å². The van der Waals surface area contributed by atoms with Gasteiger partial charge in [-0.05, 0) is 31.5 Å². The molecule has 0 aliphatic carbocycles. The van der Waals surface area contributed by atoms with E-state index in [1.165, 1.54) is 0 Å². The maximum atomic E-state index is 14.3. The van der Waals surface area contributed by atoms with Crippen LogP contribution in [0, 0.1) is 48.8 Å². The Bertz CT molecular complexity index is 1230. The number of halogens is 9. The normalized spacial score (nSPS) is 11.5. The van der Waals surface area contributed by atoms with E-state index in [-0.39, 0.29) is 27.3 Å². The van der Waals surface area contributed by atoms with Crippen molar-refractivity contribution in [2.24, 2.45) is 0 Å². The number of hydrogen-bond acceptors (Lipinski definition) is 3. The molecule has 0 aliphatic heterocycles. The number of alkyl halides is 3. The molecule has 14 heteroatoms. The van der Waals surface area contributed by atoms with E-state index < -0.39 is 80.8 Å². The molecule has 0 saturated heterocycles. The third kappa shape index (κ3) is 4.20. The minimum atomic E-state index is -5.79. The Labute approximate surface area is 189 Å². The van der Waals surface area contributed by atoms with E-state index in [2.05, 4.69) is 5.10 Å². The van der Waals surface area contributed by atoms with Gasteiger partial charge in [-0.25, -0.2) is 26.3 Å². The minimum Gasteiger partial charge on any atom is -0.493 e. The number of nitrogens with zero attached hydrogens (tertiary/aromatic N) is 2. The van der Waals surface area contributed by atoms with Gasteiger partial charge in [0.2, 0.25) is 5.88 Å². The summed E-state index contributed by atoms with van der Waals surface area (Å²) in [6.45, 7) is 2.12. The summed E-state index contributed by atoms with van der Waals surface area (Å²) in [6, 6.07) is 1.34. The minimum absolute atomic E-state index is 0. The summed E-state index contributed by atoms with van der Waals surface area (Å²) in [7, 11) is 0. The number of aryl methyl sites for hydroxylation is 2. The number of rotatable bonds is 3. The SMILES string of the molecule is Cc1cc(C(=O)c2c(C)nn(-c3c(F)c(F)c(C(F)(F)F)c(F)c3F)c2O)cc(F)c1F.[Mn]. The molecule has 2 aromatic carbocycles. The number of aromatic nitrogens is 2. The molecule has 0 unspecified atom stereocenters. The fourth-order valence-corrected chi connectivity index (χ4v) is 2.99. The van der Waals surface area contributed by atoms with Gasteiger partial charge in [0.1, 0.15) is 16.8 Å². The molecule has 3 aromatic rings. The maximum absolute atomic E-state index is 14.3. The number of benzene rings is 2. The molecule has 0 atom stereocenters. The number of carbonyl (C=O) groups is 1. The smallest absolute Gasteiger partial charge is 0.422 e. The standard InChI is InChI=1S/C19H9F9N2O2.Mn/c1-5-3-7(4-8(20)11(5)21)17(31)9-6(2)29-30(18(9)32)16-14(24)12(22)10(19(26,27)28)13(23)15(16)25;/h3-4,32H,1-2H3;. The van der Waals surface area contributed by atoms with Crippen molar-refractivity contribution in [2.75, 3.05) is 0 Å². The molecule has 3 rings (SSSR count). The fourth-order valence-electron chi connectivity index (χ4n) is 2.99. The van der Waals surface area contributed by atoms with Gasteiger partial charge in [-0.15, -0.1) is 0 Å². The summed E-state index contributed by atoms with van der Waals surface area (Å²) in [5.41, 5.74) is -6.85. The molecule has 1 heterocycles. The Kier molecular flexibility index (Phi) is 6.96. The zero-order chi connectivity index (χ0) is 24.3. The molecule has 177 valence electrons. The first-order valence-electron chi connectivity index (χ1n) is 8.40. The molecule has 1 N–H and O–H groups in total. The zero-order valence-corrected chi connectivity index (χ0v) is 17.4. The predicted octanol–water partition coefficient (Wildman–Crippen LogP) is 5.28. The van der Waals surface area contributed by atoms with Crippen molar-refractivity contribution in [3.8, 4) is 11.6 Å². The average Bonchev–Trinajstić information content (AvgIpc) is 2.96. The quantitative estimate of drug-likeness (QED) is 0.220. The largest absolute Gasteiger partial charge is 0.493 e. The fraction of sp³-hybridized carbons (Fsp3) is 0.158. The van der Waals surface area contributed by atoms with Gasteiger partial charge in [0.15, 0.2) is 40.7 Å². The van der Waals surface area contributed by atoms with Crippen molar-refractivity contribution in [2.45, 2.75) is 20.0 Å². The number of aromatic hydroxyl groups is 1. The number of hydrogen-bond donors (Lipinski definition) is 1. The third-order valence-electron chi connectivity index (χ3n) is 4.47. The Morgan fingerprint density at radius 2 is 1.42 bits per heavy atom. The monoisotopic (exact) mass is 523 g/mol. The van der Waals surface area contributed by atoms with Crippen molar-refractivity contribution in [3.05, 3.63) is 75.0 Å². The maximum Gasteiger partial charge on any atom is 0.422 e. The van der Waals surface area contributed by atoms with Crippen LogP contribution in [-0.2, 0) is 23.2 Å². The van der Waals surface area contributed by atoms with E-state index in [0.717, 1.165) is 19.9 Å². The molecule has 0 fully saturated rings. The van der Waals surface area contributed by atoms with Crippen LogP contribution in [0.4, 0.5) is 39.5 Å². The average molecular weight is 523 g/mol. The van der Waals surface area contributed by atoms with Gasteiger partial charge in [-0.2, -0.15) is 23.0 Å². The van der Waals surface area contributed by atoms with Gasteiger partial charge < -0.3 is 5.11 Å². The molecular weight excluding hydrogens is 514 g/mol. The van der Waals surface area contributed by atoms with Gasteiger partial charge in [-0.3, -0.25) is 4.79 Å². The number of ketones is 1. The van der Waals surface area contributed by atoms with Gasteiger partial charge in [0, 0.05) is 22.6 Å². The molecular formula is C19H9F9MnN2O2. The van der Waals surface area contributed by atoms with Crippen LogP contribution in [0.3, 0.4) is 0 Å². The summed E-state index contributed by atoms with van der Waals surface area (Å²) < 4.78 is 122. The zero-order valence-electron chi connectivity index (χ0n) is 16.2. The van der Waals surface area contributed by atoms with E-state index in [1.807, 2.05) is 0 Å². The van der Waals surface area contributed by atoms with Crippen molar-refractivity contribution >= 4 is 5.78 Å². The van der Waals surface area contributed by atoms with E-state index in [0.29, 0.717) is 6.07 Å². The summed E-state index contributed by atoms with van der Waals surface area (Å²) >= 11 is 0. The van der Waals surface area contributed by atoms with E-state index in [1.54, 1.807) is 0 Å². The molecule has 0 saturated carbocycles. The first-order valence-corrected chi connectivity index (χ1v) is 8.40. The molecule has 33 heavy (non-hydrogen) atoms. The van der Waals surface area contributed by atoms with Crippen LogP contribution in [-0.4, -0.2) is 20.7 Å². The van der Waals surface area contributed by atoms with Gasteiger partial charge >= 0.3 is 6.18 Å². The Balaban J connectivity index is 0.00000385. The van der Waals surface area contributed by atoms with Crippen LogP contribution in [0.2, 0.25) is 0 Å². The van der Waals surface area contributed by atoms with E-state index >= 15 is 0 Å². The van der Waals surface area contributed by atoms with Crippen molar-refractivity contribution in [1.29, 1.82) is 0 Å². The molecule has 0 bridgehead atoms. The van der Waals surface area contributed by atoms with Gasteiger partial charge in [0.25, 0.3) is 0 Å². The van der Waals surface area contributed by atoms with Crippen molar-refractivity contribution in [3.63, 3.8) is 0 Å². The molecule has 0 amide bonds. The molecule has 4 nitrogen and oxygen atoms in total. The predicted molar refractivity (Wildman–Crippen MR) is 89.3 cm³/mol. The van der Waals surface area contributed by atoms with Crippen LogP contribution in [0.25, 0.3) is 5.69 Å². The second kappa shape index (κ2) is 8.75. The van der Waals surface area contributed by atoms with Crippen LogP contribution in [0.5, 0.6) is 5.88 Å². The van der Waals surface area contributed by atoms with Crippen molar-refractivity contribution < 1.29 is 66.5 Å². The third-order valence-corrected chi connectivity index (χ3v) is 4.47. The summed E-state index contributed by atoms with van der Waals surface area (Å²) in [4.78, 5) is 12.7. The van der Waals surface area contributed by atoms with Gasteiger partial charge in [0.05, 0.1) is 5.69 Å². The van der Waals surface area contributed by atoms with Crippen LogP contribution in [0.15, 0.2) is 12.1 Å². The Morgan fingerprint density at radius 3 is 1.88 bits per heavy atom. The van der Waals surface area contributed by atoms with E-state index in [4.69, 9.17) is 0 Å². The topological polar surface area (TPSA) is 55.1 Å². The second-order valence-electron chi connectivity index (χ2n) is 6.59. The summed E-state index contributed by atoms with van der Waals surface area (Å²) in [5, 5.41) is 13.6. The molecule has 0 spiro atoms. The number of carbonyl (C=O) groups excluding carboxylic acids is 1. The Hall–Kier alpha value is -2.99. The molecule has 1 radical (unpaired) electrons. The summed E-state index contributed by atoms with van der Waals surface area (Å²) in [5.74, 6) is -16.0. The van der Waals surface area contributed by atoms with Crippen molar-refractivity contribution in [1.82, 2.24) is 9.78 Å². The first-order chi connectivity index (χ1) is 14.7. The van der Waals surface area contributed by atoms with Crippen LogP contribution in [0.1, 0.15) is 32.7 Å². The Morgan fingerprint density at radius 1 is 0.909 bits per heavy atom. The second-order valence-corrected chi connectivity index (χ2v) is 6.59. The first kappa shape index (κ1) is 26.3.